The van der Waals surface area contributed by atoms with E-state index < -0.39 is 20.0 Å². The van der Waals surface area contributed by atoms with Crippen LogP contribution in [0.25, 0.3) is 46.9 Å². The van der Waals surface area contributed by atoms with Crippen molar-refractivity contribution in [1.82, 2.24) is 9.97 Å². The number of benzene rings is 3. The van der Waals surface area contributed by atoms with Gasteiger partial charge in [0.15, 0.2) is 0 Å². The minimum Gasteiger partial charge on any atom is -0.576 e. The number of thiazole rings is 2. The summed E-state index contributed by atoms with van der Waals surface area (Å²) in [4.78, 5) is 10.6. The number of rotatable bonds is 16. The monoisotopic (exact) mass is 812 g/mol. The molecule has 6 rings (SSSR count). The molecule has 0 spiro atoms. The zero-order valence-electron chi connectivity index (χ0n) is 29.3. The minimum absolute atomic E-state index is 0. The number of aromatic nitrogens is 2. The third-order valence-corrected chi connectivity index (χ3v) is 12.9. The molecule has 8 nitrogen and oxygen atoms in total. The average Bonchev–Trinajstić information content (AvgIpc) is 3.74. The van der Waals surface area contributed by atoms with Crippen molar-refractivity contribution in [2.45, 2.75) is 78.1 Å². The van der Waals surface area contributed by atoms with Crippen LogP contribution in [0.15, 0.2) is 78.9 Å². The van der Waals surface area contributed by atoms with Gasteiger partial charge in [-0.1, -0.05) is 119 Å². The molecule has 0 amide bonds. The largest absolute Gasteiger partial charge is 2.00 e. The Morgan fingerprint density at radius 3 is 1.73 bits per heavy atom. The van der Waals surface area contributed by atoms with Crippen LogP contribution in [0, 0.1) is 0 Å². The predicted molar refractivity (Wildman–Crippen MR) is 212 cm³/mol. The first kappa shape index (κ1) is 40.8. The number of hydrogen-bond acceptors (Lipinski definition) is 8. The van der Waals surface area contributed by atoms with Crippen molar-refractivity contribution in [1.29, 1.82) is 0 Å². The normalized spacial score (nSPS) is 12.4. The molecule has 1 aliphatic carbocycles. The maximum atomic E-state index is 12.3. The van der Waals surface area contributed by atoms with Crippen LogP contribution in [-0.2, 0) is 45.9 Å². The van der Waals surface area contributed by atoms with Gasteiger partial charge in [-0.2, -0.15) is 0 Å². The van der Waals surface area contributed by atoms with Gasteiger partial charge in [0.2, 0.25) is 0 Å². The van der Waals surface area contributed by atoms with Crippen molar-refractivity contribution < 1.29 is 36.3 Å². The summed E-state index contributed by atoms with van der Waals surface area (Å²) >= 11 is 3.18. The van der Waals surface area contributed by atoms with E-state index in [-0.39, 0.29) is 31.0 Å². The zero-order chi connectivity index (χ0) is 35.4. The summed E-state index contributed by atoms with van der Waals surface area (Å²) < 4.78 is 58.6. The summed E-state index contributed by atoms with van der Waals surface area (Å²) in [7, 11) is -6.93. The van der Waals surface area contributed by atoms with Crippen molar-refractivity contribution in [2.75, 3.05) is 11.5 Å². The quantitative estimate of drug-likeness (QED) is 0.0722. The van der Waals surface area contributed by atoms with Crippen LogP contribution in [0.4, 0.5) is 11.4 Å². The Balaban J connectivity index is 0.000000224. The van der Waals surface area contributed by atoms with Crippen LogP contribution in [0.3, 0.4) is 0 Å². The van der Waals surface area contributed by atoms with Gasteiger partial charge in [0, 0.05) is 16.4 Å². The molecule has 5 aromatic rings. The summed E-state index contributed by atoms with van der Waals surface area (Å²) in [6, 6.07) is 22.6. The molecule has 0 unspecified atom stereocenters. The van der Waals surface area contributed by atoms with Crippen molar-refractivity contribution in [3.05, 3.63) is 98.9 Å². The van der Waals surface area contributed by atoms with E-state index in [1.807, 2.05) is 66.7 Å². The Hall–Kier alpha value is -2.96. The van der Waals surface area contributed by atoms with E-state index >= 15 is 0 Å². The van der Waals surface area contributed by atoms with Crippen LogP contribution < -0.4 is 0 Å². The maximum absolute atomic E-state index is 12.3. The summed E-state index contributed by atoms with van der Waals surface area (Å²) in [5.41, 5.74) is 4.45. The minimum atomic E-state index is -3.47. The van der Waals surface area contributed by atoms with E-state index in [4.69, 9.17) is 0 Å². The molecule has 0 saturated heterocycles. The number of para-hydroxylation sites is 1. The fraction of sp³-hybridized carbons (Fsp3) is 0.368. The average molecular weight is 814 g/mol. The first-order valence-electron chi connectivity index (χ1n) is 17.3. The summed E-state index contributed by atoms with van der Waals surface area (Å²) in [6.07, 6.45) is 13.7. The van der Waals surface area contributed by atoms with Crippen molar-refractivity contribution in [3.8, 4) is 21.1 Å². The molecule has 0 atom stereocenters. The van der Waals surface area contributed by atoms with Crippen LogP contribution in [0.1, 0.15) is 82.2 Å². The molecule has 0 radical (unpaired) electrons. The third-order valence-electron chi connectivity index (χ3n) is 8.09. The van der Waals surface area contributed by atoms with E-state index in [2.05, 4.69) is 39.3 Å². The number of fused-ring (bicyclic) bond motifs is 2. The van der Waals surface area contributed by atoms with E-state index in [1.165, 1.54) is 4.88 Å². The molecule has 13 heteroatoms. The molecular weight excluding hydrogens is 770 g/mol. The molecular formula is C38H44N4O4S4Zn. The molecule has 0 bridgehead atoms. The van der Waals surface area contributed by atoms with Crippen molar-refractivity contribution in [2.24, 2.45) is 0 Å². The summed E-state index contributed by atoms with van der Waals surface area (Å²) in [5, 5.41) is 1.64. The van der Waals surface area contributed by atoms with Crippen LogP contribution >= 0.6 is 22.7 Å². The standard InChI is InChI=1S/C19H23N2O2S2.C19H21N2O2S2.Zn/c2*1-2-3-4-9-14-25(22,23)21-16-11-6-5-10-15(16)19-20-17-12-7-8-13-18(17)24-19;/h5-7,10-12H,2-4,8-9,13-14H2,1H3;5-8,10-13H,2-4,9,14H2,1H3;/q2*-1;+2. The van der Waals surface area contributed by atoms with E-state index in [0.717, 1.165) is 88.4 Å². The van der Waals surface area contributed by atoms with E-state index in [1.54, 1.807) is 34.8 Å². The van der Waals surface area contributed by atoms with Gasteiger partial charge in [-0.25, -0.2) is 26.8 Å². The predicted octanol–water partition coefficient (Wildman–Crippen LogP) is 11.6. The van der Waals surface area contributed by atoms with E-state index in [0.29, 0.717) is 24.2 Å². The number of unbranched alkanes of at least 4 members (excludes halogenated alkanes) is 6. The fourth-order valence-electron chi connectivity index (χ4n) is 5.47. The molecule has 1 aliphatic rings. The number of nitrogens with zero attached hydrogens (tertiary/aromatic N) is 4. The number of hydrogen-bond donors (Lipinski definition) is 0. The van der Waals surface area contributed by atoms with Gasteiger partial charge in [0.05, 0.1) is 36.0 Å². The fourth-order valence-corrected chi connectivity index (χ4v) is 9.80. The first-order valence-corrected chi connectivity index (χ1v) is 22.1. The first-order chi connectivity index (χ1) is 24.2. The Morgan fingerprint density at radius 2 is 1.18 bits per heavy atom. The van der Waals surface area contributed by atoms with Gasteiger partial charge in [0.25, 0.3) is 0 Å². The van der Waals surface area contributed by atoms with E-state index in [9.17, 15) is 16.8 Å². The Morgan fingerprint density at radius 1 is 0.647 bits per heavy atom. The molecule has 2 aromatic heterocycles. The summed E-state index contributed by atoms with van der Waals surface area (Å²) in [5.74, 6) is 0.208. The maximum Gasteiger partial charge on any atom is 2.00 e. The number of allylic oxidation sites excluding steroid dienone is 1. The molecule has 0 aliphatic heterocycles. The van der Waals surface area contributed by atoms with Gasteiger partial charge in [-0.3, -0.25) is 0 Å². The van der Waals surface area contributed by atoms with Crippen molar-refractivity contribution in [3.63, 3.8) is 0 Å². The van der Waals surface area contributed by atoms with Crippen molar-refractivity contribution >= 4 is 70.4 Å². The topological polar surface area (TPSA) is 122 Å². The van der Waals surface area contributed by atoms with Crippen LogP contribution in [0.5, 0.6) is 0 Å². The third kappa shape index (κ3) is 12.0. The van der Waals surface area contributed by atoms with Gasteiger partial charge < -0.3 is 9.44 Å². The number of sulfonamides is 2. The second kappa shape index (κ2) is 19.8. The Kier molecular flexibility index (Phi) is 15.8. The summed E-state index contributed by atoms with van der Waals surface area (Å²) in [6.45, 7) is 4.21. The van der Waals surface area contributed by atoms with Crippen LogP contribution in [0.2, 0.25) is 0 Å². The molecule has 0 fully saturated rings. The van der Waals surface area contributed by atoms with Crippen LogP contribution in [-0.4, -0.2) is 38.3 Å². The molecule has 0 saturated carbocycles. The zero-order valence-corrected chi connectivity index (χ0v) is 35.6. The molecule has 3 aromatic carbocycles. The SMILES string of the molecule is CCCCCCS(=O)(=O)[N-]c1ccccc1-c1nc2c(s1)CCC=C2.CCCCCCS(=O)(=O)[N-]c1ccccc1-c1nc2ccccc2s1.[Zn+2]. The molecule has 51 heavy (non-hydrogen) atoms. The van der Waals surface area contributed by atoms with Gasteiger partial charge in [0.1, 0.15) is 10.0 Å². The molecule has 266 valence electrons. The Bertz CT molecular complexity index is 2080. The van der Waals surface area contributed by atoms with Gasteiger partial charge in [-0.15, -0.1) is 34.0 Å². The number of aryl methyl sites for hydroxylation is 1. The molecule has 0 N–H and O–H groups in total. The smallest absolute Gasteiger partial charge is 0.576 e. The Labute approximate surface area is 324 Å². The second-order valence-corrected chi connectivity index (χ2v) is 17.8. The molecule has 2 heterocycles. The van der Waals surface area contributed by atoms with Gasteiger partial charge in [-0.05, 0) is 55.0 Å². The second-order valence-electron chi connectivity index (χ2n) is 12.2. The van der Waals surface area contributed by atoms with Gasteiger partial charge >= 0.3 is 19.5 Å².